The highest BCUT2D eigenvalue weighted by Gasteiger charge is 2.32. The quantitative estimate of drug-likeness (QED) is 0.568. The molecule has 0 bridgehead atoms. The van der Waals surface area contributed by atoms with Gasteiger partial charge in [-0.25, -0.2) is 0 Å². The van der Waals surface area contributed by atoms with Crippen LogP contribution in [0.1, 0.15) is 23.7 Å². The Balaban J connectivity index is 1.94. The fourth-order valence-electron chi connectivity index (χ4n) is 3.65. The summed E-state index contributed by atoms with van der Waals surface area (Å²) in [6, 6.07) is 14.2. The number of halogens is 3. The van der Waals surface area contributed by atoms with Crippen molar-refractivity contribution in [2.24, 2.45) is 0 Å². The molecule has 0 radical (unpaired) electrons. The molecule has 0 amide bonds. The van der Waals surface area contributed by atoms with Gasteiger partial charge in [0.1, 0.15) is 0 Å². The first kappa shape index (κ1) is 15.9. The number of fused-ring (bicyclic) bond motifs is 2. The Morgan fingerprint density at radius 2 is 1.80 bits per heavy atom. The van der Waals surface area contributed by atoms with Crippen molar-refractivity contribution in [1.29, 1.82) is 0 Å². The van der Waals surface area contributed by atoms with Gasteiger partial charge in [-0.05, 0) is 50.1 Å². The Morgan fingerprint density at radius 1 is 1.04 bits per heavy atom. The molecular weight excluding hydrogens is 325 g/mol. The minimum Gasteiger partial charge on any atom is -0.337 e. The van der Waals surface area contributed by atoms with E-state index in [1.54, 1.807) is 0 Å². The van der Waals surface area contributed by atoms with E-state index in [2.05, 4.69) is 28.9 Å². The number of nitrogens with zero attached hydrogens (tertiary/aromatic N) is 2. The smallest absolute Gasteiger partial charge is 0.337 e. The van der Waals surface area contributed by atoms with Gasteiger partial charge in [-0.1, -0.05) is 24.3 Å². The molecule has 2 nitrogen and oxygen atoms in total. The highest BCUT2D eigenvalue weighted by molar-refractivity contribution is 5.95. The number of hydrogen-bond acceptors (Lipinski definition) is 2. The van der Waals surface area contributed by atoms with Gasteiger partial charge in [0.2, 0.25) is 0 Å². The van der Waals surface area contributed by atoms with E-state index in [0.29, 0.717) is 11.2 Å². The van der Waals surface area contributed by atoms with Crippen LogP contribution in [0.5, 0.6) is 0 Å². The van der Waals surface area contributed by atoms with E-state index >= 15 is 0 Å². The van der Waals surface area contributed by atoms with Crippen molar-refractivity contribution in [3.63, 3.8) is 0 Å². The number of para-hydroxylation sites is 1. The zero-order valence-corrected chi connectivity index (χ0v) is 13.9. The molecule has 0 saturated carbocycles. The highest BCUT2D eigenvalue weighted by Crippen LogP contribution is 2.42. The number of alkyl halides is 3. The van der Waals surface area contributed by atoms with E-state index in [9.17, 15) is 13.2 Å². The molecule has 1 atom stereocenters. The zero-order valence-electron chi connectivity index (χ0n) is 13.9. The van der Waals surface area contributed by atoms with E-state index in [-0.39, 0.29) is 6.04 Å². The molecule has 5 heteroatoms. The van der Waals surface area contributed by atoms with Crippen LogP contribution in [0, 0.1) is 6.92 Å². The summed E-state index contributed by atoms with van der Waals surface area (Å²) in [4.78, 5) is 6.54. The molecule has 25 heavy (non-hydrogen) atoms. The molecule has 1 aliphatic heterocycles. The second-order valence-corrected chi connectivity index (χ2v) is 6.56. The van der Waals surface area contributed by atoms with E-state index < -0.39 is 11.7 Å². The lowest BCUT2D eigenvalue weighted by Crippen LogP contribution is -2.24. The Kier molecular flexibility index (Phi) is 3.49. The maximum atomic E-state index is 13.0. The molecule has 3 aromatic rings. The second kappa shape index (κ2) is 5.48. The van der Waals surface area contributed by atoms with Gasteiger partial charge in [0.05, 0.1) is 16.8 Å². The molecule has 0 spiro atoms. The third-order valence-electron chi connectivity index (χ3n) is 4.71. The Bertz CT molecular complexity index is 963. The summed E-state index contributed by atoms with van der Waals surface area (Å²) in [5, 5.41) is 0.738. The van der Waals surface area contributed by atoms with Crippen molar-refractivity contribution in [2.45, 2.75) is 32.5 Å². The van der Waals surface area contributed by atoms with Gasteiger partial charge in [-0.3, -0.25) is 4.98 Å². The van der Waals surface area contributed by atoms with Crippen molar-refractivity contribution in [3.05, 3.63) is 65.4 Å². The maximum Gasteiger partial charge on any atom is 0.416 e. The number of rotatable bonds is 1. The lowest BCUT2D eigenvalue weighted by molar-refractivity contribution is -0.137. The third-order valence-corrected chi connectivity index (χ3v) is 4.71. The fourth-order valence-corrected chi connectivity index (χ4v) is 3.65. The number of aromatic nitrogens is 1. The average molecular weight is 342 g/mol. The Morgan fingerprint density at radius 3 is 2.56 bits per heavy atom. The molecule has 0 fully saturated rings. The summed E-state index contributed by atoms with van der Waals surface area (Å²) in [6.45, 7) is 3.95. The van der Waals surface area contributed by atoms with E-state index in [1.165, 1.54) is 11.6 Å². The van der Waals surface area contributed by atoms with Crippen molar-refractivity contribution >= 4 is 22.3 Å². The van der Waals surface area contributed by atoms with Gasteiger partial charge in [0.15, 0.2) is 0 Å². The van der Waals surface area contributed by atoms with Crippen LogP contribution in [0.4, 0.5) is 24.5 Å². The van der Waals surface area contributed by atoms with Gasteiger partial charge in [-0.15, -0.1) is 0 Å². The maximum absolute atomic E-state index is 13.0. The third kappa shape index (κ3) is 2.64. The van der Waals surface area contributed by atoms with E-state index in [0.717, 1.165) is 35.3 Å². The molecule has 0 aliphatic carbocycles. The molecule has 1 aromatic heterocycles. The number of anilines is 2. The average Bonchev–Trinajstić information content (AvgIpc) is 2.88. The number of hydrogen-bond donors (Lipinski definition) is 0. The van der Waals surface area contributed by atoms with Gasteiger partial charge < -0.3 is 4.90 Å². The minimum atomic E-state index is -4.37. The zero-order chi connectivity index (χ0) is 17.8. The Labute approximate surface area is 143 Å². The summed E-state index contributed by atoms with van der Waals surface area (Å²) in [5.41, 5.74) is 3.69. The van der Waals surface area contributed by atoms with Crippen LogP contribution in [0.2, 0.25) is 0 Å². The number of pyridine rings is 1. The van der Waals surface area contributed by atoms with Crippen LogP contribution in [0.15, 0.2) is 48.5 Å². The first-order chi connectivity index (χ1) is 11.8. The lowest BCUT2D eigenvalue weighted by atomic mass is 10.1. The van der Waals surface area contributed by atoms with Gasteiger partial charge in [0.25, 0.3) is 0 Å². The van der Waals surface area contributed by atoms with Crippen LogP contribution in [-0.2, 0) is 12.6 Å². The summed E-state index contributed by atoms with van der Waals surface area (Å²) in [6.07, 6.45) is -3.45. The van der Waals surface area contributed by atoms with E-state index in [1.807, 2.05) is 25.1 Å². The molecule has 2 aromatic carbocycles. The molecule has 1 unspecified atom stereocenters. The van der Waals surface area contributed by atoms with Crippen molar-refractivity contribution in [2.75, 3.05) is 4.90 Å². The standard InChI is InChI=1S/C20H17F3N2/c1-12-9-19(25-13(2)10-14-5-3-4-6-18(14)25)16-8-7-15(20(21,22)23)11-17(16)24-12/h3-9,11,13H,10H2,1-2H3. The summed E-state index contributed by atoms with van der Waals surface area (Å²) < 4.78 is 39.1. The molecule has 4 rings (SSSR count). The Hall–Kier alpha value is -2.56. The molecule has 0 saturated heterocycles. The number of aryl methyl sites for hydroxylation is 1. The second-order valence-electron chi connectivity index (χ2n) is 6.56. The lowest BCUT2D eigenvalue weighted by Gasteiger charge is -2.27. The van der Waals surface area contributed by atoms with Crippen LogP contribution in [0.3, 0.4) is 0 Å². The first-order valence-electron chi connectivity index (χ1n) is 8.20. The molecule has 2 heterocycles. The van der Waals surface area contributed by atoms with Crippen LogP contribution in [0.25, 0.3) is 10.9 Å². The van der Waals surface area contributed by atoms with Crippen molar-refractivity contribution in [1.82, 2.24) is 4.98 Å². The molecule has 128 valence electrons. The van der Waals surface area contributed by atoms with Gasteiger partial charge in [-0.2, -0.15) is 13.2 Å². The summed E-state index contributed by atoms with van der Waals surface area (Å²) in [7, 11) is 0. The van der Waals surface area contributed by atoms with Crippen LogP contribution >= 0.6 is 0 Å². The van der Waals surface area contributed by atoms with Gasteiger partial charge >= 0.3 is 6.18 Å². The van der Waals surface area contributed by atoms with Crippen molar-refractivity contribution < 1.29 is 13.2 Å². The first-order valence-corrected chi connectivity index (χ1v) is 8.20. The molecule has 0 N–H and O–H groups in total. The fraction of sp³-hybridized carbons (Fsp3) is 0.250. The normalized spacial score (nSPS) is 17.2. The van der Waals surface area contributed by atoms with Crippen LogP contribution < -0.4 is 4.90 Å². The monoisotopic (exact) mass is 342 g/mol. The van der Waals surface area contributed by atoms with Crippen LogP contribution in [-0.4, -0.2) is 11.0 Å². The number of benzene rings is 2. The van der Waals surface area contributed by atoms with Crippen molar-refractivity contribution in [3.8, 4) is 0 Å². The summed E-state index contributed by atoms with van der Waals surface area (Å²) in [5.74, 6) is 0. The summed E-state index contributed by atoms with van der Waals surface area (Å²) >= 11 is 0. The van der Waals surface area contributed by atoms with E-state index in [4.69, 9.17) is 0 Å². The predicted octanol–water partition coefficient (Wildman–Crippen LogP) is 5.64. The molecular formula is C20H17F3N2. The predicted molar refractivity (Wildman–Crippen MR) is 93.2 cm³/mol. The highest BCUT2D eigenvalue weighted by atomic mass is 19.4. The largest absolute Gasteiger partial charge is 0.416 e. The molecule has 1 aliphatic rings. The van der Waals surface area contributed by atoms with Gasteiger partial charge in [0, 0.05) is 22.8 Å². The SMILES string of the molecule is Cc1cc(N2c3ccccc3CC2C)c2ccc(C(F)(F)F)cc2n1. The minimum absolute atomic E-state index is 0.240. The topological polar surface area (TPSA) is 16.1 Å².